The standard InChI is InChI=1S/C15H11BrClNO3/c16-14-10(17)2-1-3-11(14)18-15(19)9-4-5-12-13(8-9)21-7-6-20-12/h1-5,8H,6-7H2,(H,18,19). The van der Waals surface area contributed by atoms with Crippen molar-refractivity contribution in [2.24, 2.45) is 0 Å². The van der Waals surface area contributed by atoms with E-state index in [2.05, 4.69) is 21.2 Å². The van der Waals surface area contributed by atoms with E-state index in [1.54, 1.807) is 36.4 Å². The van der Waals surface area contributed by atoms with Gasteiger partial charge in [-0.3, -0.25) is 4.79 Å². The fraction of sp³-hybridized carbons (Fsp3) is 0.133. The first-order valence-corrected chi connectivity index (χ1v) is 7.47. The molecular formula is C15H11BrClNO3. The second-order valence-corrected chi connectivity index (χ2v) is 5.61. The van der Waals surface area contributed by atoms with Gasteiger partial charge in [0.15, 0.2) is 11.5 Å². The van der Waals surface area contributed by atoms with Crippen LogP contribution in [0, 0.1) is 0 Å². The van der Waals surface area contributed by atoms with Gasteiger partial charge in [0.2, 0.25) is 0 Å². The molecule has 1 N–H and O–H groups in total. The Morgan fingerprint density at radius 3 is 2.71 bits per heavy atom. The lowest BCUT2D eigenvalue weighted by Crippen LogP contribution is -2.17. The Labute approximate surface area is 135 Å². The van der Waals surface area contributed by atoms with Crippen molar-refractivity contribution >= 4 is 39.1 Å². The number of ether oxygens (including phenoxy) is 2. The van der Waals surface area contributed by atoms with Gasteiger partial charge in [-0.15, -0.1) is 0 Å². The first-order chi connectivity index (χ1) is 10.1. The highest BCUT2D eigenvalue weighted by Crippen LogP contribution is 2.32. The van der Waals surface area contributed by atoms with Crippen LogP contribution in [0.4, 0.5) is 5.69 Å². The minimum Gasteiger partial charge on any atom is -0.486 e. The number of nitrogens with one attached hydrogen (secondary N) is 1. The topological polar surface area (TPSA) is 47.6 Å². The zero-order valence-corrected chi connectivity index (χ0v) is 13.2. The minimum absolute atomic E-state index is 0.241. The maximum absolute atomic E-state index is 12.3. The fourth-order valence-corrected chi connectivity index (χ4v) is 2.52. The average Bonchev–Trinajstić information content (AvgIpc) is 2.51. The van der Waals surface area contributed by atoms with Crippen molar-refractivity contribution < 1.29 is 14.3 Å². The molecule has 1 aliphatic heterocycles. The summed E-state index contributed by atoms with van der Waals surface area (Å²) in [5.41, 5.74) is 1.11. The Morgan fingerprint density at radius 2 is 1.90 bits per heavy atom. The maximum atomic E-state index is 12.3. The normalized spacial score (nSPS) is 12.9. The molecule has 0 saturated heterocycles. The molecule has 0 radical (unpaired) electrons. The highest BCUT2D eigenvalue weighted by atomic mass is 79.9. The highest BCUT2D eigenvalue weighted by Gasteiger charge is 2.16. The molecule has 0 atom stereocenters. The molecule has 6 heteroatoms. The molecule has 0 saturated carbocycles. The Bertz CT molecular complexity index is 705. The number of carbonyl (C=O) groups is 1. The van der Waals surface area contributed by atoms with Crippen LogP contribution in [0.3, 0.4) is 0 Å². The molecule has 21 heavy (non-hydrogen) atoms. The number of carbonyl (C=O) groups excluding carboxylic acids is 1. The number of benzene rings is 2. The van der Waals surface area contributed by atoms with Crippen molar-refractivity contribution in [1.82, 2.24) is 0 Å². The van der Waals surface area contributed by atoms with Crippen molar-refractivity contribution in [1.29, 1.82) is 0 Å². The minimum atomic E-state index is -0.241. The molecule has 2 aromatic rings. The Hall–Kier alpha value is -1.72. The molecule has 3 rings (SSSR count). The Morgan fingerprint density at radius 1 is 1.14 bits per heavy atom. The van der Waals surface area contributed by atoms with E-state index >= 15 is 0 Å². The zero-order valence-electron chi connectivity index (χ0n) is 10.9. The lowest BCUT2D eigenvalue weighted by molar-refractivity contribution is 0.102. The quantitative estimate of drug-likeness (QED) is 0.867. The first-order valence-electron chi connectivity index (χ1n) is 6.30. The molecule has 1 heterocycles. The van der Waals surface area contributed by atoms with Crippen LogP contribution in [-0.4, -0.2) is 19.1 Å². The lowest BCUT2D eigenvalue weighted by atomic mass is 10.1. The van der Waals surface area contributed by atoms with Gasteiger partial charge in [-0.25, -0.2) is 0 Å². The molecule has 4 nitrogen and oxygen atoms in total. The van der Waals surface area contributed by atoms with Crippen molar-refractivity contribution in [2.75, 3.05) is 18.5 Å². The molecule has 0 fully saturated rings. The van der Waals surface area contributed by atoms with Crippen LogP contribution in [0.25, 0.3) is 0 Å². The van der Waals surface area contributed by atoms with Crippen molar-refractivity contribution in [2.45, 2.75) is 0 Å². The third kappa shape index (κ3) is 2.99. The molecule has 108 valence electrons. The summed E-state index contributed by atoms with van der Waals surface area (Å²) in [7, 11) is 0. The summed E-state index contributed by atoms with van der Waals surface area (Å²) in [5, 5.41) is 3.34. The molecule has 2 aromatic carbocycles. The van der Waals surface area contributed by atoms with Crippen molar-refractivity contribution in [3.05, 3.63) is 51.5 Å². The van der Waals surface area contributed by atoms with Gasteiger partial charge in [-0.05, 0) is 46.3 Å². The van der Waals surface area contributed by atoms with E-state index in [4.69, 9.17) is 21.1 Å². The largest absolute Gasteiger partial charge is 0.486 e. The van der Waals surface area contributed by atoms with Crippen LogP contribution >= 0.6 is 27.5 Å². The fourth-order valence-electron chi connectivity index (χ4n) is 1.98. The van der Waals surface area contributed by atoms with E-state index in [0.29, 0.717) is 45.5 Å². The van der Waals surface area contributed by atoms with E-state index in [1.807, 2.05) is 0 Å². The summed E-state index contributed by atoms with van der Waals surface area (Å²) in [6.07, 6.45) is 0. The van der Waals surface area contributed by atoms with E-state index in [0.717, 1.165) is 0 Å². The molecule has 0 bridgehead atoms. The van der Waals surface area contributed by atoms with Gasteiger partial charge in [0.25, 0.3) is 5.91 Å². The van der Waals surface area contributed by atoms with E-state index in [9.17, 15) is 4.79 Å². The van der Waals surface area contributed by atoms with Crippen LogP contribution in [-0.2, 0) is 0 Å². The summed E-state index contributed by atoms with van der Waals surface area (Å²) < 4.78 is 11.6. The van der Waals surface area contributed by atoms with Crippen molar-refractivity contribution in [3.8, 4) is 11.5 Å². The maximum Gasteiger partial charge on any atom is 0.255 e. The molecular weight excluding hydrogens is 358 g/mol. The number of hydrogen-bond acceptors (Lipinski definition) is 3. The van der Waals surface area contributed by atoms with Gasteiger partial charge in [0.05, 0.1) is 15.2 Å². The van der Waals surface area contributed by atoms with Gasteiger partial charge in [0, 0.05) is 5.56 Å². The van der Waals surface area contributed by atoms with Gasteiger partial charge < -0.3 is 14.8 Å². The zero-order chi connectivity index (χ0) is 14.8. The van der Waals surface area contributed by atoms with Crippen LogP contribution in [0.1, 0.15) is 10.4 Å². The van der Waals surface area contributed by atoms with E-state index in [1.165, 1.54) is 0 Å². The SMILES string of the molecule is O=C(Nc1cccc(Cl)c1Br)c1ccc2c(c1)OCCO2. The number of hydrogen-bond donors (Lipinski definition) is 1. The van der Waals surface area contributed by atoms with Gasteiger partial charge in [-0.1, -0.05) is 17.7 Å². The van der Waals surface area contributed by atoms with Crippen LogP contribution in [0.15, 0.2) is 40.9 Å². The Kier molecular flexibility index (Phi) is 4.03. The lowest BCUT2D eigenvalue weighted by Gasteiger charge is -2.18. The summed E-state index contributed by atoms with van der Waals surface area (Å²) in [6, 6.07) is 10.4. The van der Waals surface area contributed by atoms with Crippen LogP contribution in [0.5, 0.6) is 11.5 Å². The Balaban J connectivity index is 1.84. The summed E-state index contributed by atoms with van der Waals surface area (Å²) in [4.78, 5) is 12.3. The average molecular weight is 369 g/mol. The predicted octanol–water partition coefficient (Wildman–Crippen LogP) is 4.13. The first kappa shape index (κ1) is 14.2. The number of amides is 1. The highest BCUT2D eigenvalue weighted by molar-refractivity contribution is 9.10. The number of fused-ring (bicyclic) bond motifs is 1. The second kappa shape index (κ2) is 5.95. The monoisotopic (exact) mass is 367 g/mol. The third-order valence-electron chi connectivity index (χ3n) is 3.00. The molecule has 0 spiro atoms. The van der Waals surface area contributed by atoms with Gasteiger partial charge >= 0.3 is 0 Å². The van der Waals surface area contributed by atoms with E-state index in [-0.39, 0.29) is 5.91 Å². The van der Waals surface area contributed by atoms with Gasteiger partial charge in [-0.2, -0.15) is 0 Å². The third-order valence-corrected chi connectivity index (χ3v) is 4.40. The van der Waals surface area contributed by atoms with Crippen LogP contribution < -0.4 is 14.8 Å². The molecule has 0 aliphatic carbocycles. The summed E-state index contributed by atoms with van der Waals surface area (Å²) in [6.45, 7) is 1.01. The summed E-state index contributed by atoms with van der Waals surface area (Å²) in [5.74, 6) is 0.996. The van der Waals surface area contributed by atoms with Crippen molar-refractivity contribution in [3.63, 3.8) is 0 Å². The molecule has 0 aromatic heterocycles. The molecule has 1 amide bonds. The molecule has 1 aliphatic rings. The number of halogens is 2. The van der Waals surface area contributed by atoms with E-state index < -0.39 is 0 Å². The van der Waals surface area contributed by atoms with Crippen LogP contribution in [0.2, 0.25) is 5.02 Å². The van der Waals surface area contributed by atoms with Gasteiger partial charge in [0.1, 0.15) is 13.2 Å². The number of anilines is 1. The number of rotatable bonds is 2. The second-order valence-electron chi connectivity index (χ2n) is 4.41. The molecule has 0 unspecified atom stereocenters. The smallest absolute Gasteiger partial charge is 0.255 e. The predicted molar refractivity (Wildman–Crippen MR) is 84.5 cm³/mol. The summed E-state index contributed by atoms with van der Waals surface area (Å²) >= 11 is 9.35.